The molecule has 0 aliphatic carbocycles. The zero-order valence-electron chi connectivity index (χ0n) is 14.0. The van der Waals surface area contributed by atoms with Gasteiger partial charge in [-0.3, -0.25) is 9.59 Å². The van der Waals surface area contributed by atoms with E-state index in [1.54, 1.807) is 17.0 Å². The van der Waals surface area contributed by atoms with Crippen molar-refractivity contribution < 1.29 is 18.0 Å². The first-order chi connectivity index (χ1) is 12.0. The van der Waals surface area contributed by atoms with Gasteiger partial charge in [0.2, 0.25) is 11.8 Å². The fraction of sp³-hybridized carbons (Fsp3) is 0.529. The Morgan fingerprint density at radius 3 is 2.60 bits per heavy atom. The summed E-state index contributed by atoms with van der Waals surface area (Å²) < 4.78 is 25.1. The van der Waals surface area contributed by atoms with Crippen molar-refractivity contribution in [1.29, 1.82) is 0 Å². The van der Waals surface area contributed by atoms with Crippen molar-refractivity contribution in [2.75, 3.05) is 29.9 Å². The molecule has 6 nitrogen and oxygen atoms in total. The number of rotatable bonds is 4. The van der Waals surface area contributed by atoms with E-state index in [1.807, 2.05) is 0 Å². The first kappa shape index (κ1) is 18.3. The lowest BCUT2D eigenvalue weighted by molar-refractivity contribution is -0.130. The van der Waals surface area contributed by atoms with Crippen molar-refractivity contribution in [3.8, 4) is 0 Å². The first-order valence-corrected chi connectivity index (χ1v) is 11.2. The van der Waals surface area contributed by atoms with Gasteiger partial charge in [-0.1, -0.05) is 12.8 Å². The largest absolute Gasteiger partial charge is 0.343 e. The van der Waals surface area contributed by atoms with Crippen LogP contribution in [-0.4, -0.2) is 49.7 Å². The van der Waals surface area contributed by atoms with Gasteiger partial charge in [0, 0.05) is 24.4 Å². The highest BCUT2D eigenvalue weighted by Crippen LogP contribution is 2.33. The number of fused-ring (bicyclic) bond motifs is 1. The summed E-state index contributed by atoms with van der Waals surface area (Å²) in [6.45, 7) is 1.45. The van der Waals surface area contributed by atoms with E-state index in [0.29, 0.717) is 11.4 Å². The summed E-state index contributed by atoms with van der Waals surface area (Å²) in [6.07, 6.45) is 4.23. The third-order valence-corrected chi connectivity index (χ3v) is 7.27. The van der Waals surface area contributed by atoms with Crippen LogP contribution in [0.5, 0.6) is 0 Å². The van der Waals surface area contributed by atoms with Crippen molar-refractivity contribution in [2.24, 2.45) is 0 Å². The maximum atomic E-state index is 12.6. The Kier molecular flexibility index (Phi) is 5.68. The third kappa shape index (κ3) is 4.55. The highest BCUT2D eigenvalue weighted by Gasteiger charge is 2.23. The minimum Gasteiger partial charge on any atom is -0.343 e. The molecule has 25 heavy (non-hydrogen) atoms. The second kappa shape index (κ2) is 7.78. The molecule has 2 heterocycles. The molecule has 0 aromatic heterocycles. The zero-order valence-corrected chi connectivity index (χ0v) is 15.6. The van der Waals surface area contributed by atoms with E-state index in [1.165, 1.54) is 17.8 Å². The summed E-state index contributed by atoms with van der Waals surface area (Å²) in [4.78, 5) is 26.6. The number of carbonyl (C=O) groups is 2. The van der Waals surface area contributed by atoms with Crippen LogP contribution in [0.1, 0.15) is 32.1 Å². The number of nitrogens with one attached hydrogen (secondary N) is 1. The maximum Gasteiger partial charge on any atom is 0.234 e. The van der Waals surface area contributed by atoms with E-state index in [9.17, 15) is 18.0 Å². The second-order valence-electron chi connectivity index (χ2n) is 6.36. The quantitative estimate of drug-likeness (QED) is 0.864. The summed E-state index contributed by atoms with van der Waals surface area (Å²) in [7, 11) is -3.56. The van der Waals surface area contributed by atoms with Gasteiger partial charge in [-0.15, -0.1) is 11.8 Å². The molecule has 0 radical (unpaired) electrons. The second-order valence-corrected chi connectivity index (χ2v) is 9.49. The monoisotopic (exact) mass is 382 g/mol. The average Bonchev–Trinajstić information content (AvgIpc) is 2.88. The summed E-state index contributed by atoms with van der Waals surface area (Å²) in [5.74, 6) is -0.0956. The maximum absolute atomic E-state index is 12.6. The van der Waals surface area contributed by atoms with Crippen LogP contribution >= 0.6 is 11.8 Å². The molecule has 2 aliphatic heterocycles. The van der Waals surface area contributed by atoms with E-state index < -0.39 is 9.84 Å². The lowest BCUT2D eigenvalue weighted by atomic mass is 10.2. The standard InChI is InChI=1S/C17H22N2O4S2/c20-16-12-24-15-6-5-13(11-14(15)18-16)25(22,23)10-7-17(21)19-8-3-1-2-4-9-19/h5-6,11H,1-4,7-10,12H2,(H,18,20). The molecular formula is C17H22N2O4S2. The molecule has 2 amide bonds. The van der Waals surface area contributed by atoms with Crippen molar-refractivity contribution >= 4 is 39.1 Å². The van der Waals surface area contributed by atoms with Crippen molar-refractivity contribution in [2.45, 2.75) is 41.9 Å². The summed E-state index contributed by atoms with van der Waals surface area (Å²) in [5, 5.41) is 2.70. The van der Waals surface area contributed by atoms with Gasteiger partial charge in [-0.25, -0.2) is 8.42 Å². The predicted molar refractivity (Wildman–Crippen MR) is 97.5 cm³/mol. The minimum absolute atomic E-state index is 0.000523. The number of benzene rings is 1. The van der Waals surface area contributed by atoms with Crippen molar-refractivity contribution in [1.82, 2.24) is 4.90 Å². The number of hydrogen-bond donors (Lipinski definition) is 1. The van der Waals surface area contributed by atoms with Crippen LogP contribution in [0.4, 0.5) is 5.69 Å². The van der Waals surface area contributed by atoms with Crippen LogP contribution in [-0.2, 0) is 19.4 Å². The van der Waals surface area contributed by atoms with Gasteiger partial charge < -0.3 is 10.2 Å². The molecule has 1 aromatic rings. The molecule has 1 aromatic carbocycles. The number of sulfone groups is 1. The molecule has 1 saturated heterocycles. The van der Waals surface area contributed by atoms with E-state index in [4.69, 9.17) is 0 Å². The molecular weight excluding hydrogens is 360 g/mol. The van der Waals surface area contributed by atoms with Gasteiger partial charge in [-0.2, -0.15) is 0 Å². The highest BCUT2D eigenvalue weighted by molar-refractivity contribution is 8.00. The molecule has 1 fully saturated rings. The van der Waals surface area contributed by atoms with E-state index in [0.717, 1.165) is 43.7 Å². The van der Waals surface area contributed by atoms with Gasteiger partial charge in [0.25, 0.3) is 0 Å². The average molecular weight is 383 g/mol. The molecule has 0 atom stereocenters. The predicted octanol–water partition coefficient (Wildman–Crippen LogP) is 2.30. The number of anilines is 1. The van der Waals surface area contributed by atoms with Gasteiger partial charge in [0.05, 0.1) is 22.1 Å². The molecule has 136 valence electrons. The van der Waals surface area contributed by atoms with Crippen LogP contribution in [0.15, 0.2) is 28.0 Å². The smallest absolute Gasteiger partial charge is 0.234 e. The van der Waals surface area contributed by atoms with E-state index >= 15 is 0 Å². The van der Waals surface area contributed by atoms with Crippen LogP contribution in [0, 0.1) is 0 Å². The Bertz CT molecular complexity index is 769. The lowest BCUT2D eigenvalue weighted by Crippen LogP contribution is -2.33. The van der Waals surface area contributed by atoms with Crippen molar-refractivity contribution in [3.05, 3.63) is 18.2 Å². The number of carbonyl (C=O) groups excluding carboxylic acids is 2. The van der Waals surface area contributed by atoms with Crippen LogP contribution < -0.4 is 5.32 Å². The van der Waals surface area contributed by atoms with Crippen LogP contribution in [0.2, 0.25) is 0 Å². The van der Waals surface area contributed by atoms with Crippen molar-refractivity contribution in [3.63, 3.8) is 0 Å². The van der Waals surface area contributed by atoms with Crippen LogP contribution in [0.25, 0.3) is 0 Å². The summed E-state index contributed by atoms with van der Waals surface area (Å²) >= 11 is 1.39. The van der Waals surface area contributed by atoms with E-state index in [-0.39, 0.29) is 28.9 Å². The fourth-order valence-electron chi connectivity index (χ4n) is 3.07. The Labute approximate surface area is 152 Å². The SMILES string of the molecule is O=C1CSc2ccc(S(=O)(=O)CCC(=O)N3CCCCCC3)cc2N1. The molecule has 0 saturated carbocycles. The Balaban J connectivity index is 1.66. The summed E-state index contributed by atoms with van der Waals surface area (Å²) in [5.41, 5.74) is 0.529. The molecule has 0 unspecified atom stereocenters. The van der Waals surface area contributed by atoms with Gasteiger partial charge in [0.1, 0.15) is 0 Å². The lowest BCUT2D eigenvalue weighted by Gasteiger charge is -2.20. The van der Waals surface area contributed by atoms with E-state index in [2.05, 4.69) is 5.32 Å². The Morgan fingerprint density at radius 1 is 1.16 bits per heavy atom. The molecule has 2 aliphatic rings. The third-order valence-electron chi connectivity index (χ3n) is 4.49. The molecule has 3 rings (SSSR count). The fourth-order valence-corrected chi connectivity index (χ4v) is 5.11. The zero-order chi connectivity index (χ0) is 17.9. The topological polar surface area (TPSA) is 83.5 Å². The number of nitrogens with zero attached hydrogens (tertiary/aromatic N) is 1. The van der Waals surface area contributed by atoms with Gasteiger partial charge in [0.15, 0.2) is 9.84 Å². The number of thioether (sulfide) groups is 1. The summed E-state index contributed by atoms with van der Waals surface area (Å²) in [6, 6.07) is 4.75. The molecule has 8 heteroatoms. The Morgan fingerprint density at radius 2 is 1.88 bits per heavy atom. The Hall–Kier alpha value is -1.54. The van der Waals surface area contributed by atoms with Gasteiger partial charge in [-0.05, 0) is 31.0 Å². The van der Waals surface area contributed by atoms with Gasteiger partial charge >= 0.3 is 0 Å². The normalized spacial score (nSPS) is 18.2. The minimum atomic E-state index is -3.56. The number of hydrogen-bond acceptors (Lipinski definition) is 5. The molecule has 0 bridgehead atoms. The first-order valence-electron chi connectivity index (χ1n) is 8.53. The number of amides is 2. The molecule has 1 N–H and O–H groups in total. The number of likely N-dealkylation sites (tertiary alicyclic amines) is 1. The molecule has 0 spiro atoms. The highest BCUT2D eigenvalue weighted by atomic mass is 32.2. The van der Waals surface area contributed by atoms with Crippen LogP contribution in [0.3, 0.4) is 0 Å².